The summed E-state index contributed by atoms with van der Waals surface area (Å²) < 4.78 is 49.4. The van der Waals surface area contributed by atoms with E-state index in [4.69, 9.17) is 19.2 Å². The zero-order chi connectivity index (χ0) is 37.2. The van der Waals surface area contributed by atoms with Gasteiger partial charge < -0.3 is 24.2 Å². The molecule has 10 heteroatoms. The molecular formula is C41H49F2N3O5. The highest BCUT2D eigenvalue weighted by Crippen LogP contribution is 2.41. The largest absolute Gasteiger partial charge is 0.490 e. The van der Waals surface area contributed by atoms with E-state index in [2.05, 4.69) is 25.0 Å². The summed E-state index contributed by atoms with van der Waals surface area (Å²) in [6.07, 6.45) is 5.81. The summed E-state index contributed by atoms with van der Waals surface area (Å²) >= 11 is 0. The number of carboxylic acids is 1. The van der Waals surface area contributed by atoms with Gasteiger partial charge in [0.1, 0.15) is 17.2 Å². The maximum atomic E-state index is 14.6. The lowest BCUT2D eigenvalue weighted by Crippen LogP contribution is -2.45. The number of aromatic nitrogens is 2. The molecule has 0 spiro atoms. The Bertz CT molecular complexity index is 1940. The van der Waals surface area contributed by atoms with Crippen LogP contribution < -0.4 is 9.64 Å². The van der Waals surface area contributed by atoms with Gasteiger partial charge >= 0.3 is 5.97 Å². The second kappa shape index (κ2) is 15.0. The van der Waals surface area contributed by atoms with Gasteiger partial charge in [-0.15, -0.1) is 13.2 Å². The van der Waals surface area contributed by atoms with Crippen LogP contribution in [0.25, 0.3) is 28.0 Å². The summed E-state index contributed by atoms with van der Waals surface area (Å²) in [6.45, 7) is 22.6. The van der Waals surface area contributed by atoms with E-state index in [1.165, 1.54) is 0 Å². The third kappa shape index (κ3) is 8.18. The zero-order valence-corrected chi connectivity index (χ0v) is 30.7. The number of rotatable bonds is 13. The number of imidazole rings is 1. The van der Waals surface area contributed by atoms with Crippen molar-refractivity contribution in [2.24, 2.45) is 0 Å². The molecule has 0 amide bonds. The number of hydrogen-bond donors (Lipinski definition) is 1. The van der Waals surface area contributed by atoms with Crippen LogP contribution >= 0.6 is 0 Å². The van der Waals surface area contributed by atoms with Crippen molar-refractivity contribution in [1.82, 2.24) is 9.38 Å². The van der Waals surface area contributed by atoms with Gasteiger partial charge in [0.15, 0.2) is 17.7 Å². The molecule has 2 unspecified atom stereocenters. The first-order valence-electron chi connectivity index (χ1n) is 17.4. The maximum absolute atomic E-state index is 14.6. The first kappa shape index (κ1) is 37.7. The molecule has 5 rings (SSSR count). The van der Waals surface area contributed by atoms with Crippen molar-refractivity contribution in [2.45, 2.75) is 91.1 Å². The second-order valence-electron chi connectivity index (χ2n) is 14.6. The van der Waals surface area contributed by atoms with Gasteiger partial charge in [0.25, 0.3) is 0 Å². The molecule has 0 bridgehead atoms. The number of aryl methyl sites for hydroxylation is 1. The Morgan fingerprint density at radius 1 is 1.06 bits per heavy atom. The molecule has 1 N–H and O–H groups in total. The van der Waals surface area contributed by atoms with Gasteiger partial charge in [0, 0.05) is 48.5 Å². The number of pyridine rings is 1. The monoisotopic (exact) mass is 701 g/mol. The van der Waals surface area contributed by atoms with Crippen molar-refractivity contribution in [1.29, 1.82) is 0 Å². The number of fused-ring (bicyclic) bond motifs is 1. The number of ether oxygens (including phenoxy) is 3. The molecule has 1 aliphatic rings. The van der Waals surface area contributed by atoms with Crippen molar-refractivity contribution in [3.8, 4) is 28.1 Å². The van der Waals surface area contributed by atoms with E-state index in [1.54, 1.807) is 12.2 Å². The van der Waals surface area contributed by atoms with Crippen molar-refractivity contribution in [3.63, 3.8) is 0 Å². The molecule has 8 nitrogen and oxygen atoms in total. The van der Waals surface area contributed by atoms with Crippen LogP contribution in [-0.4, -0.2) is 57.5 Å². The highest BCUT2D eigenvalue weighted by Gasteiger charge is 2.37. The summed E-state index contributed by atoms with van der Waals surface area (Å²) in [5.74, 6) is -2.12. The van der Waals surface area contributed by atoms with Crippen molar-refractivity contribution in [2.75, 3.05) is 24.6 Å². The molecular weight excluding hydrogens is 652 g/mol. The second-order valence-corrected chi connectivity index (χ2v) is 14.6. The Hall–Kier alpha value is -4.54. The molecule has 2 aromatic heterocycles. The predicted octanol–water partition coefficient (Wildman–Crippen LogP) is 9.41. The number of aliphatic carboxylic acids is 1. The fourth-order valence-electron chi connectivity index (χ4n) is 6.63. The summed E-state index contributed by atoms with van der Waals surface area (Å²) in [7, 11) is 0. The topological polar surface area (TPSA) is 85.5 Å². The number of carbonyl (C=O) groups is 1. The molecule has 2 aromatic carbocycles. The Labute approximate surface area is 299 Å². The van der Waals surface area contributed by atoms with Crippen LogP contribution in [0, 0.1) is 25.5 Å². The van der Waals surface area contributed by atoms with E-state index in [9.17, 15) is 18.7 Å². The lowest BCUT2D eigenvalue weighted by molar-refractivity contribution is -0.160. The number of halogens is 2. The third-order valence-corrected chi connectivity index (χ3v) is 9.42. The van der Waals surface area contributed by atoms with Crippen molar-refractivity contribution < 1.29 is 32.9 Å². The van der Waals surface area contributed by atoms with Crippen LogP contribution in [0.4, 0.5) is 14.6 Å². The minimum absolute atomic E-state index is 0.224. The number of hydrogen-bond acceptors (Lipinski definition) is 6. The van der Waals surface area contributed by atoms with Gasteiger partial charge in [-0.3, -0.25) is 4.40 Å². The average molecular weight is 702 g/mol. The van der Waals surface area contributed by atoms with E-state index >= 15 is 0 Å². The highest BCUT2D eigenvalue weighted by molar-refractivity contribution is 5.81. The van der Waals surface area contributed by atoms with Crippen LogP contribution in [-0.2, 0) is 14.3 Å². The predicted molar refractivity (Wildman–Crippen MR) is 198 cm³/mol. The lowest BCUT2D eigenvalue weighted by Gasteiger charge is -2.41. The summed E-state index contributed by atoms with van der Waals surface area (Å²) in [6, 6.07) is 9.65. The lowest BCUT2D eigenvalue weighted by atomic mass is 9.92. The molecule has 0 saturated carbocycles. The Morgan fingerprint density at radius 3 is 2.35 bits per heavy atom. The number of benzene rings is 2. The fourth-order valence-corrected chi connectivity index (χ4v) is 6.63. The minimum Gasteiger partial charge on any atom is -0.490 e. The molecule has 2 atom stereocenters. The Kier molecular flexibility index (Phi) is 11.1. The van der Waals surface area contributed by atoms with Crippen LogP contribution in [0.1, 0.15) is 76.7 Å². The van der Waals surface area contributed by atoms with E-state index in [0.717, 1.165) is 41.7 Å². The zero-order valence-electron chi connectivity index (χ0n) is 30.7. The maximum Gasteiger partial charge on any atom is 0.337 e. The SMILES string of the molecule is C=CCOC1(C)CCN(c2c(C(OC(C)(C)C)C(=O)O)c(C)c(C)c3nc(-c4cccc(-c5cc(F)c(F)cc5OC(C)CC=C)c4)cn23)CC1. The first-order chi connectivity index (χ1) is 24.1. The van der Waals surface area contributed by atoms with E-state index in [0.29, 0.717) is 60.0 Å². The van der Waals surface area contributed by atoms with Gasteiger partial charge in [-0.05, 0) is 90.1 Å². The average Bonchev–Trinajstić information content (AvgIpc) is 3.52. The number of piperidine rings is 1. The van der Waals surface area contributed by atoms with Crippen LogP contribution in [0.15, 0.2) is 67.9 Å². The van der Waals surface area contributed by atoms with Crippen LogP contribution in [0.2, 0.25) is 0 Å². The van der Waals surface area contributed by atoms with Crippen LogP contribution in [0.3, 0.4) is 0 Å². The molecule has 3 heterocycles. The van der Waals surface area contributed by atoms with E-state index in [-0.39, 0.29) is 17.5 Å². The Morgan fingerprint density at radius 2 is 1.73 bits per heavy atom. The van der Waals surface area contributed by atoms with E-state index < -0.39 is 29.3 Å². The molecule has 0 radical (unpaired) electrons. The third-order valence-electron chi connectivity index (χ3n) is 9.42. The number of carboxylic acid groups (broad SMARTS) is 1. The molecule has 4 aromatic rings. The molecule has 272 valence electrons. The summed E-state index contributed by atoms with van der Waals surface area (Å²) in [5.41, 5.74) is 4.18. The first-order valence-corrected chi connectivity index (χ1v) is 17.4. The van der Waals surface area contributed by atoms with E-state index in [1.807, 2.05) is 76.4 Å². The smallest absolute Gasteiger partial charge is 0.337 e. The number of nitrogens with zero attached hydrogens (tertiary/aromatic N) is 3. The normalized spacial score (nSPS) is 15.8. The molecule has 1 aliphatic heterocycles. The molecule has 1 saturated heterocycles. The molecule has 1 fully saturated rings. The summed E-state index contributed by atoms with van der Waals surface area (Å²) in [4.78, 5) is 20.2. The van der Waals surface area contributed by atoms with Crippen molar-refractivity contribution in [3.05, 3.63) is 96.2 Å². The van der Waals surface area contributed by atoms with Gasteiger partial charge in [-0.25, -0.2) is 18.6 Å². The highest BCUT2D eigenvalue weighted by atomic mass is 19.2. The summed E-state index contributed by atoms with van der Waals surface area (Å²) in [5, 5.41) is 10.6. The molecule has 0 aliphatic carbocycles. The number of anilines is 1. The quantitative estimate of drug-likeness (QED) is 0.139. The van der Waals surface area contributed by atoms with Gasteiger partial charge in [0.2, 0.25) is 0 Å². The van der Waals surface area contributed by atoms with Gasteiger partial charge in [-0.1, -0.05) is 30.4 Å². The molecule has 51 heavy (non-hydrogen) atoms. The van der Waals surface area contributed by atoms with Crippen molar-refractivity contribution >= 4 is 17.4 Å². The fraction of sp³-hybridized carbons (Fsp3) is 0.415. The Balaban J connectivity index is 1.67. The standard InChI is InChI=1S/C41H49F2N3O5/c1-10-13-25(3)50-34-23-32(43)31(42)22-30(34)28-14-12-15-29(21-28)33-24-46-37(44-33)27(5)26(4)35(36(39(47)48)51-40(6,7)8)38(46)45-18-16-41(9,17-19-45)49-20-11-2/h10-12,14-15,21-25,36H,1-2,13,16-20H2,3-9H3,(H,47,48). The van der Waals surface area contributed by atoms with Gasteiger partial charge in [0.05, 0.1) is 29.6 Å². The van der Waals surface area contributed by atoms with Crippen LogP contribution in [0.5, 0.6) is 5.75 Å². The van der Waals surface area contributed by atoms with Gasteiger partial charge in [-0.2, -0.15) is 0 Å². The minimum atomic E-state index is -1.24.